The molecule has 1 heterocycles. The molecule has 1 aromatic carbocycles. The summed E-state index contributed by atoms with van der Waals surface area (Å²) in [5.41, 5.74) is 0.657. The molecule has 0 atom stereocenters. The molecule has 2 rings (SSSR count). The van der Waals surface area contributed by atoms with Gasteiger partial charge in [-0.25, -0.2) is 4.39 Å². The molecule has 1 aromatic rings. The van der Waals surface area contributed by atoms with Gasteiger partial charge in [-0.3, -0.25) is 4.79 Å². The number of benzene rings is 1. The summed E-state index contributed by atoms with van der Waals surface area (Å²) < 4.78 is 18.3. The summed E-state index contributed by atoms with van der Waals surface area (Å²) in [4.78, 5) is 12.0. The maximum absolute atomic E-state index is 13.2. The molecule has 1 aliphatic rings. The van der Waals surface area contributed by atoms with Crippen LogP contribution < -0.4 is 15.4 Å². The van der Waals surface area contributed by atoms with E-state index in [-0.39, 0.29) is 17.6 Å². The molecule has 104 valence electrons. The molecule has 0 aromatic heterocycles. The van der Waals surface area contributed by atoms with Crippen LogP contribution in [-0.4, -0.2) is 26.1 Å². The molecule has 0 spiro atoms. The number of carbonyl (C=O) groups is 1. The Labute approximate surface area is 112 Å². The van der Waals surface area contributed by atoms with Crippen LogP contribution >= 0.6 is 0 Å². The van der Waals surface area contributed by atoms with E-state index >= 15 is 0 Å². The van der Waals surface area contributed by atoms with Gasteiger partial charge in [-0.1, -0.05) is 0 Å². The zero-order valence-electron chi connectivity index (χ0n) is 11.0. The largest absolute Gasteiger partial charge is 0.496 e. The molecular weight excluding hydrogens is 247 g/mol. The molecule has 0 unspecified atom stereocenters. The van der Waals surface area contributed by atoms with Gasteiger partial charge in [0.2, 0.25) is 5.91 Å². The SMILES string of the molecule is COc1ccc(F)cc1CNC(=O)C1CCNCC1. The van der Waals surface area contributed by atoms with Crippen LogP contribution in [-0.2, 0) is 11.3 Å². The van der Waals surface area contributed by atoms with Crippen LogP contribution in [0.15, 0.2) is 18.2 Å². The monoisotopic (exact) mass is 266 g/mol. The van der Waals surface area contributed by atoms with Gasteiger partial charge in [-0.2, -0.15) is 0 Å². The van der Waals surface area contributed by atoms with Crippen LogP contribution in [0.5, 0.6) is 5.75 Å². The standard InChI is InChI=1S/C14H19FN2O2/c1-19-13-3-2-12(15)8-11(13)9-17-14(18)10-4-6-16-7-5-10/h2-3,8,10,16H,4-7,9H2,1H3,(H,17,18). The topological polar surface area (TPSA) is 50.4 Å². The molecule has 19 heavy (non-hydrogen) atoms. The van der Waals surface area contributed by atoms with E-state index in [1.807, 2.05) is 0 Å². The second-order valence-corrected chi connectivity index (χ2v) is 4.70. The Bertz CT molecular complexity index is 445. The Kier molecular flexibility index (Phi) is 4.74. The minimum Gasteiger partial charge on any atom is -0.496 e. The summed E-state index contributed by atoms with van der Waals surface area (Å²) in [6.07, 6.45) is 1.71. The number of hydrogen-bond acceptors (Lipinski definition) is 3. The minimum atomic E-state index is -0.327. The van der Waals surface area contributed by atoms with Crippen molar-refractivity contribution in [1.82, 2.24) is 10.6 Å². The lowest BCUT2D eigenvalue weighted by Crippen LogP contribution is -2.37. The van der Waals surface area contributed by atoms with Gasteiger partial charge in [0.05, 0.1) is 7.11 Å². The van der Waals surface area contributed by atoms with Crippen molar-refractivity contribution in [2.45, 2.75) is 19.4 Å². The number of carbonyl (C=O) groups excluding carboxylic acids is 1. The highest BCUT2D eigenvalue weighted by Gasteiger charge is 2.20. The quantitative estimate of drug-likeness (QED) is 0.867. The van der Waals surface area contributed by atoms with Gasteiger partial charge in [0.1, 0.15) is 11.6 Å². The number of ether oxygens (including phenoxy) is 1. The smallest absolute Gasteiger partial charge is 0.223 e. The Morgan fingerprint density at radius 1 is 1.47 bits per heavy atom. The van der Waals surface area contributed by atoms with Gasteiger partial charge in [-0.15, -0.1) is 0 Å². The first-order valence-electron chi connectivity index (χ1n) is 6.51. The summed E-state index contributed by atoms with van der Waals surface area (Å²) in [6, 6.07) is 4.31. The third-order valence-corrected chi connectivity index (χ3v) is 3.41. The van der Waals surface area contributed by atoms with Crippen molar-refractivity contribution in [3.8, 4) is 5.75 Å². The van der Waals surface area contributed by atoms with Crippen molar-refractivity contribution >= 4 is 5.91 Å². The van der Waals surface area contributed by atoms with E-state index < -0.39 is 0 Å². The molecule has 0 radical (unpaired) electrons. The van der Waals surface area contributed by atoms with Crippen LogP contribution in [0.3, 0.4) is 0 Å². The molecule has 0 aliphatic carbocycles. The van der Waals surface area contributed by atoms with E-state index in [1.165, 1.54) is 19.2 Å². The van der Waals surface area contributed by atoms with Crippen LogP contribution in [0.1, 0.15) is 18.4 Å². The number of hydrogen-bond donors (Lipinski definition) is 2. The average molecular weight is 266 g/mol. The molecule has 1 saturated heterocycles. The second-order valence-electron chi connectivity index (χ2n) is 4.70. The van der Waals surface area contributed by atoms with Crippen molar-refractivity contribution in [1.29, 1.82) is 0 Å². The first kappa shape index (κ1) is 13.8. The van der Waals surface area contributed by atoms with Crippen molar-refractivity contribution in [2.24, 2.45) is 5.92 Å². The zero-order valence-corrected chi connectivity index (χ0v) is 11.0. The Morgan fingerprint density at radius 3 is 2.89 bits per heavy atom. The zero-order chi connectivity index (χ0) is 13.7. The first-order chi connectivity index (χ1) is 9.20. The predicted molar refractivity (Wildman–Crippen MR) is 70.4 cm³/mol. The van der Waals surface area contributed by atoms with Crippen molar-refractivity contribution in [3.63, 3.8) is 0 Å². The van der Waals surface area contributed by atoms with Crippen molar-refractivity contribution in [2.75, 3.05) is 20.2 Å². The maximum atomic E-state index is 13.2. The molecular formula is C14H19FN2O2. The van der Waals surface area contributed by atoms with Gasteiger partial charge in [0, 0.05) is 18.0 Å². The van der Waals surface area contributed by atoms with E-state index in [9.17, 15) is 9.18 Å². The molecule has 0 saturated carbocycles. The van der Waals surface area contributed by atoms with Crippen molar-refractivity contribution < 1.29 is 13.9 Å². The molecule has 0 bridgehead atoms. The van der Waals surface area contributed by atoms with E-state index in [2.05, 4.69) is 10.6 Å². The van der Waals surface area contributed by atoms with E-state index in [0.717, 1.165) is 25.9 Å². The molecule has 1 amide bonds. The fraction of sp³-hybridized carbons (Fsp3) is 0.500. The number of methoxy groups -OCH3 is 1. The Balaban J connectivity index is 1.94. The average Bonchev–Trinajstić information content (AvgIpc) is 2.46. The predicted octanol–water partition coefficient (Wildman–Crippen LogP) is 1.45. The third kappa shape index (κ3) is 3.67. The van der Waals surface area contributed by atoms with E-state index in [1.54, 1.807) is 6.07 Å². The number of halogens is 1. The summed E-state index contributed by atoms with van der Waals surface area (Å²) in [7, 11) is 1.53. The lowest BCUT2D eigenvalue weighted by molar-refractivity contribution is -0.125. The third-order valence-electron chi connectivity index (χ3n) is 3.41. The number of piperidine rings is 1. The van der Waals surface area contributed by atoms with Gasteiger partial charge >= 0.3 is 0 Å². The summed E-state index contributed by atoms with van der Waals surface area (Å²) in [6.45, 7) is 2.05. The first-order valence-corrected chi connectivity index (χ1v) is 6.51. The lowest BCUT2D eigenvalue weighted by atomic mass is 9.97. The second kappa shape index (κ2) is 6.52. The normalized spacial score (nSPS) is 16.1. The molecule has 2 N–H and O–H groups in total. The highest BCUT2D eigenvalue weighted by Crippen LogP contribution is 2.19. The van der Waals surface area contributed by atoms with Crippen LogP contribution in [0.4, 0.5) is 4.39 Å². The van der Waals surface area contributed by atoms with Gasteiger partial charge in [-0.05, 0) is 44.1 Å². The maximum Gasteiger partial charge on any atom is 0.223 e. The summed E-state index contributed by atoms with van der Waals surface area (Å²) >= 11 is 0. The number of amides is 1. The van der Waals surface area contributed by atoms with Gasteiger partial charge in [0.15, 0.2) is 0 Å². The lowest BCUT2D eigenvalue weighted by Gasteiger charge is -2.22. The molecule has 4 nitrogen and oxygen atoms in total. The highest BCUT2D eigenvalue weighted by atomic mass is 19.1. The van der Waals surface area contributed by atoms with E-state index in [4.69, 9.17) is 4.74 Å². The fourth-order valence-electron chi connectivity index (χ4n) is 2.30. The van der Waals surface area contributed by atoms with Crippen LogP contribution in [0.2, 0.25) is 0 Å². The van der Waals surface area contributed by atoms with Gasteiger partial charge < -0.3 is 15.4 Å². The highest BCUT2D eigenvalue weighted by molar-refractivity contribution is 5.78. The van der Waals surface area contributed by atoms with E-state index in [0.29, 0.717) is 17.9 Å². The summed E-state index contributed by atoms with van der Waals surface area (Å²) in [5.74, 6) is 0.354. The Hall–Kier alpha value is -1.62. The minimum absolute atomic E-state index is 0.0350. The molecule has 1 fully saturated rings. The van der Waals surface area contributed by atoms with Crippen molar-refractivity contribution in [3.05, 3.63) is 29.6 Å². The molecule has 1 aliphatic heterocycles. The summed E-state index contributed by atoms with van der Waals surface area (Å²) in [5, 5.41) is 6.08. The molecule has 5 heteroatoms. The Morgan fingerprint density at radius 2 is 2.21 bits per heavy atom. The van der Waals surface area contributed by atoms with Crippen LogP contribution in [0.25, 0.3) is 0 Å². The number of nitrogens with one attached hydrogen (secondary N) is 2. The fourth-order valence-corrected chi connectivity index (χ4v) is 2.30. The van der Waals surface area contributed by atoms with Gasteiger partial charge in [0.25, 0.3) is 0 Å². The van der Waals surface area contributed by atoms with Crippen LogP contribution in [0, 0.1) is 11.7 Å². The number of rotatable bonds is 4.